The van der Waals surface area contributed by atoms with Gasteiger partial charge in [0, 0.05) is 10.7 Å². The van der Waals surface area contributed by atoms with E-state index in [2.05, 4.69) is 38.2 Å². The first kappa shape index (κ1) is 8.66. The maximum atomic E-state index is 2.22. The van der Waals surface area contributed by atoms with Gasteiger partial charge in [-0.05, 0) is 25.8 Å². The van der Waals surface area contributed by atoms with Gasteiger partial charge in [0.15, 0.2) is 0 Å². The summed E-state index contributed by atoms with van der Waals surface area (Å²) in [6, 6.07) is 0. The summed E-state index contributed by atoms with van der Waals surface area (Å²) in [5.41, 5.74) is 1.50. The van der Waals surface area contributed by atoms with E-state index < -0.39 is 0 Å². The van der Waals surface area contributed by atoms with Crippen molar-refractivity contribution in [3.05, 3.63) is 34.8 Å². The molecule has 11 heavy (non-hydrogen) atoms. The lowest BCUT2D eigenvalue weighted by molar-refractivity contribution is 1.19. The Morgan fingerprint density at radius 2 is 2.18 bits per heavy atom. The second kappa shape index (κ2) is 4.45. The monoisotopic (exact) mass is 166 g/mol. The highest BCUT2D eigenvalue weighted by Gasteiger charge is 2.11. The molecular formula is C10H14S. The summed E-state index contributed by atoms with van der Waals surface area (Å²) < 4.78 is 0. The van der Waals surface area contributed by atoms with E-state index in [0.29, 0.717) is 0 Å². The zero-order valence-electron chi connectivity index (χ0n) is 7.13. The van der Waals surface area contributed by atoms with Gasteiger partial charge in [-0.25, -0.2) is 0 Å². The number of hydrogen-bond acceptors (Lipinski definition) is 1. The Bertz CT molecular complexity index is 209. The molecule has 0 nitrogen and oxygen atoms in total. The predicted octanol–water partition coefficient (Wildman–Crippen LogP) is 3.53. The molecule has 0 spiro atoms. The summed E-state index contributed by atoms with van der Waals surface area (Å²) >= 11 is 1.96. The molecule has 1 saturated heterocycles. The van der Waals surface area contributed by atoms with Crippen LogP contribution in [0.5, 0.6) is 0 Å². The molecule has 1 heteroatoms. The molecule has 1 aliphatic heterocycles. The zero-order valence-corrected chi connectivity index (χ0v) is 7.95. The molecule has 0 N–H and O–H groups in total. The Hall–Kier alpha value is -0.430. The van der Waals surface area contributed by atoms with Gasteiger partial charge in [-0.15, -0.1) is 11.8 Å². The summed E-state index contributed by atoms with van der Waals surface area (Å²) in [5.74, 6) is 1.25. The van der Waals surface area contributed by atoms with Gasteiger partial charge < -0.3 is 0 Å². The van der Waals surface area contributed by atoms with E-state index in [0.717, 1.165) is 0 Å². The maximum Gasteiger partial charge on any atom is 0.00617 e. The van der Waals surface area contributed by atoms with Gasteiger partial charge in [0.05, 0.1) is 0 Å². The van der Waals surface area contributed by atoms with Crippen LogP contribution in [0.15, 0.2) is 34.8 Å². The average Bonchev–Trinajstić information content (AvgIpc) is 2.47. The summed E-state index contributed by atoms with van der Waals surface area (Å²) in [6.07, 6.45) is 9.84. The van der Waals surface area contributed by atoms with E-state index in [4.69, 9.17) is 0 Å². The van der Waals surface area contributed by atoms with E-state index in [1.54, 1.807) is 0 Å². The van der Waals surface area contributed by atoms with Crippen LogP contribution in [0.2, 0.25) is 0 Å². The van der Waals surface area contributed by atoms with Gasteiger partial charge in [-0.3, -0.25) is 0 Å². The van der Waals surface area contributed by atoms with Crippen molar-refractivity contribution in [1.29, 1.82) is 0 Å². The predicted molar refractivity (Wildman–Crippen MR) is 53.7 cm³/mol. The van der Waals surface area contributed by atoms with Crippen LogP contribution in [0.25, 0.3) is 0 Å². The molecule has 1 fully saturated rings. The molecule has 0 aromatic rings. The SMILES string of the molecule is C/C=C/C=C1/CCS/C1=C/C. The van der Waals surface area contributed by atoms with Crippen LogP contribution in [-0.2, 0) is 0 Å². The van der Waals surface area contributed by atoms with Gasteiger partial charge in [0.25, 0.3) is 0 Å². The highest BCUT2D eigenvalue weighted by Crippen LogP contribution is 2.35. The Kier molecular flexibility index (Phi) is 3.50. The minimum atomic E-state index is 1.23. The number of thioether (sulfide) groups is 1. The number of allylic oxidation sites excluding steroid dienone is 5. The van der Waals surface area contributed by atoms with Crippen LogP contribution < -0.4 is 0 Å². The van der Waals surface area contributed by atoms with Crippen LogP contribution in [0, 0.1) is 0 Å². The fourth-order valence-corrected chi connectivity index (χ4v) is 2.20. The summed E-state index contributed by atoms with van der Waals surface area (Å²) in [4.78, 5) is 1.46. The van der Waals surface area contributed by atoms with E-state index in [1.165, 1.54) is 22.7 Å². The molecule has 0 bridgehead atoms. The molecule has 1 rings (SSSR count). The lowest BCUT2D eigenvalue weighted by Gasteiger charge is -1.94. The van der Waals surface area contributed by atoms with Crippen molar-refractivity contribution >= 4 is 11.8 Å². The third-order valence-corrected chi connectivity index (χ3v) is 2.91. The Morgan fingerprint density at radius 1 is 1.36 bits per heavy atom. The van der Waals surface area contributed by atoms with Crippen molar-refractivity contribution in [1.82, 2.24) is 0 Å². The summed E-state index contributed by atoms with van der Waals surface area (Å²) in [6.45, 7) is 4.16. The third kappa shape index (κ3) is 2.26. The second-order valence-corrected chi connectivity index (χ2v) is 3.61. The van der Waals surface area contributed by atoms with Crippen molar-refractivity contribution in [2.75, 3.05) is 5.75 Å². The normalized spacial score (nSPS) is 26.0. The fourth-order valence-electron chi connectivity index (χ4n) is 1.13. The summed E-state index contributed by atoms with van der Waals surface area (Å²) in [5, 5.41) is 0. The Labute approximate surface area is 73.1 Å². The molecule has 1 heterocycles. The molecule has 0 aromatic carbocycles. The quantitative estimate of drug-likeness (QED) is 0.574. The molecule has 60 valence electrons. The van der Waals surface area contributed by atoms with Crippen LogP contribution in [-0.4, -0.2) is 5.75 Å². The lowest BCUT2D eigenvalue weighted by Crippen LogP contribution is -1.74. The van der Waals surface area contributed by atoms with Crippen molar-refractivity contribution in [3.63, 3.8) is 0 Å². The maximum absolute atomic E-state index is 2.22. The molecule has 0 amide bonds. The molecular weight excluding hydrogens is 152 g/mol. The van der Waals surface area contributed by atoms with Gasteiger partial charge >= 0.3 is 0 Å². The first-order chi connectivity index (χ1) is 5.38. The van der Waals surface area contributed by atoms with Crippen molar-refractivity contribution in [3.8, 4) is 0 Å². The Morgan fingerprint density at radius 3 is 2.82 bits per heavy atom. The molecule has 1 aliphatic rings. The van der Waals surface area contributed by atoms with Crippen molar-refractivity contribution in [2.45, 2.75) is 20.3 Å². The first-order valence-electron chi connectivity index (χ1n) is 4.00. The van der Waals surface area contributed by atoms with Crippen LogP contribution >= 0.6 is 11.8 Å². The average molecular weight is 166 g/mol. The topological polar surface area (TPSA) is 0 Å². The first-order valence-corrected chi connectivity index (χ1v) is 4.98. The minimum Gasteiger partial charge on any atom is -0.126 e. The zero-order chi connectivity index (χ0) is 8.10. The number of hydrogen-bond donors (Lipinski definition) is 0. The van der Waals surface area contributed by atoms with E-state index in [-0.39, 0.29) is 0 Å². The van der Waals surface area contributed by atoms with Gasteiger partial charge in [0.2, 0.25) is 0 Å². The van der Waals surface area contributed by atoms with E-state index in [9.17, 15) is 0 Å². The highest BCUT2D eigenvalue weighted by molar-refractivity contribution is 8.03. The molecule has 0 aliphatic carbocycles. The second-order valence-electron chi connectivity index (χ2n) is 2.47. The standard InChI is InChI=1S/C10H14S/c1-3-5-6-9-7-8-11-10(9)4-2/h3-6H,7-8H2,1-2H3/b5-3+,9-6-,10-4+. The highest BCUT2D eigenvalue weighted by atomic mass is 32.2. The third-order valence-electron chi connectivity index (χ3n) is 1.70. The van der Waals surface area contributed by atoms with Gasteiger partial charge in [-0.2, -0.15) is 0 Å². The largest absolute Gasteiger partial charge is 0.126 e. The van der Waals surface area contributed by atoms with Crippen molar-refractivity contribution in [2.24, 2.45) is 0 Å². The van der Waals surface area contributed by atoms with Crippen LogP contribution in [0.3, 0.4) is 0 Å². The smallest absolute Gasteiger partial charge is 0.00617 e. The number of rotatable bonds is 1. The fraction of sp³-hybridized carbons (Fsp3) is 0.400. The Balaban J connectivity index is 2.71. The summed E-state index contributed by atoms with van der Waals surface area (Å²) in [7, 11) is 0. The van der Waals surface area contributed by atoms with E-state index in [1.807, 2.05) is 11.8 Å². The van der Waals surface area contributed by atoms with Crippen LogP contribution in [0.4, 0.5) is 0 Å². The van der Waals surface area contributed by atoms with Crippen LogP contribution in [0.1, 0.15) is 20.3 Å². The lowest BCUT2D eigenvalue weighted by atomic mass is 10.2. The van der Waals surface area contributed by atoms with Gasteiger partial charge in [-0.1, -0.05) is 24.3 Å². The van der Waals surface area contributed by atoms with Crippen molar-refractivity contribution < 1.29 is 0 Å². The van der Waals surface area contributed by atoms with Gasteiger partial charge in [0.1, 0.15) is 0 Å². The molecule has 0 saturated carbocycles. The van der Waals surface area contributed by atoms with E-state index >= 15 is 0 Å². The molecule has 0 radical (unpaired) electrons. The molecule has 0 unspecified atom stereocenters. The minimum absolute atomic E-state index is 1.23. The molecule has 0 aromatic heterocycles. The molecule has 0 atom stereocenters.